The van der Waals surface area contributed by atoms with Gasteiger partial charge in [0.2, 0.25) is 0 Å². The maximum absolute atomic E-state index is 12.0. The molecule has 5 nitrogen and oxygen atoms in total. The van der Waals surface area contributed by atoms with E-state index in [9.17, 15) is 8.42 Å². The van der Waals surface area contributed by atoms with Gasteiger partial charge in [0.05, 0.1) is 0 Å². The largest absolute Gasteiger partial charge is 0.313 e. The van der Waals surface area contributed by atoms with Crippen molar-refractivity contribution in [2.45, 2.75) is 31.5 Å². The van der Waals surface area contributed by atoms with E-state index >= 15 is 0 Å². The number of nitrogens with one attached hydrogen (secondary N) is 2. The van der Waals surface area contributed by atoms with E-state index in [1.165, 1.54) is 0 Å². The number of aromatic nitrogens is 1. The van der Waals surface area contributed by atoms with E-state index in [1.54, 1.807) is 30.1 Å². The van der Waals surface area contributed by atoms with Crippen molar-refractivity contribution >= 4 is 21.8 Å². The molecule has 1 aromatic rings. The molecule has 1 heterocycles. The number of rotatable bonds is 8. The molecule has 7 heteroatoms. The molecule has 0 fully saturated rings. The minimum atomic E-state index is -3.51. The lowest BCUT2D eigenvalue weighted by atomic mass is 10.3. The van der Waals surface area contributed by atoms with Gasteiger partial charge in [-0.3, -0.25) is 0 Å². The third kappa shape index (κ3) is 5.48. The van der Waals surface area contributed by atoms with Crippen LogP contribution in [-0.4, -0.2) is 38.0 Å². The van der Waals surface area contributed by atoms with E-state index < -0.39 is 10.0 Å². The summed E-state index contributed by atoms with van der Waals surface area (Å²) >= 11 is 1.60. The molecule has 0 saturated heterocycles. The third-order valence-electron chi connectivity index (χ3n) is 2.43. The number of thioether (sulfide) groups is 1. The first-order valence-electron chi connectivity index (χ1n) is 6.16. The molecule has 19 heavy (non-hydrogen) atoms. The van der Waals surface area contributed by atoms with Crippen LogP contribution in [-0.2, 0) is 16.6 Å². The van der Waals surface area contributed by atoms with Gasteiger partial charge in [-0.1, -0.05) is 13.0 Å². The molecule has 2 N–H and O–H groups in total. The lowest BCUT2D eigenvalue weighted by molar-refractivity contribution is 0.567. The Bertz CT molecular complexity index is 474. The van der Waals surface area contributed by atoms with E-state index in [4.69, 9.17) is 0 Å². The second-order valence-electron chi connectivity index (χ2n) is 4.26. The monoisotopic (exact) mass is 303 g/mol. The number of hydrogen-bond acceptors (Lipinski definition) is 5. The van der Waals surface area contributed by atoms with Crippen LogP contribution in [0.5, 0.6) is 0 Å². The molecule has 1 atom stereocenters. The summed E-state index contributed by atoms with van der Waals surface area (Å²) in [6.07, 6.45) is 3.54. The zero-order chi connectivity index (χ0) is 14.3. The third-order valence-corrected chi connectivity index (χ3v) is 4.76. The van der Waals surface area contributed by atoms with Gasteiger partial charge in [-0.2, -0.15) is 11.8 Å². The highest BCUT2D eigenvalue weighted by atomic mass is 32.2. The highest BCUT2D eigenvalue weighted by Gasteiger charge is 2.18. The molecule has 1 aromatic heterocycles. The smallest absolute Gasteiger partial charge is 0.258 e. The predicted octanol–water partition coefficient (Wildman–Crippen LogP) is 1.22. The molecule has 0 bridgehead atoms. The molecule has 0 radical (unpaired) electrons. The number of hydrogen-bond donors (Lipinski definition) is 2. The summed E-state index contributed by atoms with van der Waals surface area (Å²) in [6.45, 7) is 5.42. The van der Waals surface area contributed by atoms with E-state index in [-0.39, 0.29) is 11.1 Å². The zero-order valence-corrected chi connectivity index (χ0v) is 13.1. The van der Waals surface area contributed by atoms with Crippen LogP contribution in [0.2, 0.25) is 0 Å². The van der Waals surface area contributed by atoms with Gasteiger partial charge in [-0.05, 0) is 31.4 Å². The number of nitrogens with zero attached hydrogens (tertiary/aromatic N) is 1. The number of sulfonamides is 1. The molecule has 1 unspecified atom stereocenters. The fourth-order valence-corrected chi connectivity index (χ4v) is 3.41. The standard InChI is InChI=1S/C12H21N3O2S2/c1-4-13-7-11-5-6-12(14-8-11)19(16,17)15-10(2)9-18-3/h5-6,8,10,13,15H,4,7,9H2,1-3H3. The number of pyridine rings is 1. The van der Waals surface area contributed by atoms with Crippen LogP contribution in [0.25, 0.3) is 0 Å². The summed E-state index contributed by atoms with van der Waals surface area (Å²) in [5, 5.41) is 3.23. The van der Waals surface area contributed by atoms with Crippen molar-refractivity contribution in [3.05, 3.63) is 23.9 Å². The zero-order valence-electron chi connectivity index (χ0n) is 11.5. The minimum absolute atomic E-state index is 0.0701. The Kier molecular flexibility index (Phi) is 6.78. The fourth-order valence-electron chi connectivity index (χ4n) is 1.55. The molecule has 0 saturated carbocycles. The van der Waals surface area contributed by atoms with Gasteiger partial charge in [-0.15, -0.1) is 0 Å². The molecule has 0 amide bonds. The minimum Gasteiger partial charge on any atom is -0.313 e. The molecule has 0 spiro atoms. The van der Waals surface area contributed by atoms with Gasteiger partial charge in [0.25, 0.3) is 10.0 Å². The Balaban J connectivity index is 2.73. The molecule has 108 valence electrons. The highest BCUT2D eigenvalue weighted by molar-refractivity contribution is 7.98. The maximum atomic E-state index is 12.0. The van der Waals surface area contributed by atoms with E-state index in [0.717, 1.165) is 17.9 Å². The Labute approximate surface area is 119 Å². The van der Waals surface area contributed by atoms with E-state index in [0.29, 0.717) is 6.54 Å². The van der Waals surface area contributed by atoms with Crippen molar-refractivity contribution in [1.82, 2.24) is 15.0 Å². The van der Waals surface area contributed by atoms with Gasteiger partial charge >= 0.3 is 0 Å². The first kappa shape index (κ1) is 16.4. The van der Waals surface area contributed by atoms with Crippen molar-refractivity contribution in [1.29, 1.82) is 0 Å². The summed E-state index contributed by atoms with van der Waals surface area (Å²) in [7, 11) is -3.51. The first-order chi connectivity index (χ1) is 8.99. The SMILES string of the molecule is CCNCc1ccc(S(=O)(=O)NC(C)CSC)nc1. The molecular weight excluding hydrogens is 282 g/mol. The van der Waals surface area contributed by atoms with Gasteiger partial charge < -0.3 is 5.32 Å². The van der Waals surface area contributed by atoms with Crippen molar-refractivity contribution < 1.29 is 8.42 Å². The van der Waals surface area contributed by atoms with Crippen LogP contribution in [0, 0.1) is 0 Å². The van der Waals surface area contributed by atoms with Crippen LogP contribution >= 0.6 is 11.8 Å². The normalized spacial score (nSPS) is 13.4. The second kappa shape index (κ2) is 7.84. The fraction of sp³-hybridized carbons (Fsp3) is 0.583. The van der Waals surface area contributed by atoms with Crippen LogP contribution in [0.1, 0.15) is 19.4 Å². The summed E-state index contributed by atoms with van der Waals surface area (Å²) in [4.78, 5) is 4.02. The van der Waals surface area contributed by atoms with Crippen LogP contribution in [0.15, 0.2) is 23.4 Å². The summed E-state index contributed by atoms with van der Waals surface area (Å²) in [6, 6.07) is 3.22. The Hall–Kier alpha value is -0.630. The molecule has 0 aliphatic rings. The van der Waals surface area contributed by atoms with Gasteiger partial charge in [-0.25, -0.2) is 18.1 Å². The van der Waals surface area contributed by atoms with Gasteiger partial charge in [0.1, 0.15) is 0 Å². The topological polar surface area (TPSA) is 71.1 Å². The van der Waals surface area contributed by atoms with E-state index in [1.807, 2.05) is 20.1 Å². The summed E-state index contributed by atoms with van der Waals surface area (Å²) < 4.78 is 26.7. The Morgan fingerprint density at radius 1 is 1.42 bits per heavy atom. The average Bonchev–Trinajstić information content (AvgIpc) is 2.36. The molecule has 0 aliphatic heterocycles. The van der Waals surface area contributed by atoms with Crippen molar-refractivity contribution in [2.75, 3.05) is 18.6 Å². The van der Waals surface area contributed by atoms with Crippen LogP contribution in [0.4, 0.5) is 0 Å². The lowest BCUT2D eigenvalue weighted by Gasteiger charge is -2.12. The lowest BCUT2D eigenvalue weighted by Crippen LogP contribution is -2.34. The molecule has 0 aliphatic carbocycles. The van der Waals surface area contributed by atoms with Crippen molar-refractivity contribution in [2.24, 2.45) is 0 Å². The maximum Gasteiger partial charge on any atom is 0.258 e. The second-order valence-corrected chi connectivity index (χ2v) is 6.83. The first-order valence-corrected chi connectivity index (χ1v) is 9.04. The quantitative estimate of drug-likeness (QED) is 0.755. The predicted molar refractivity (Wildman–Crippen MR) is 79.8 cm³/mol. The van der Waals surface area contributed by atoms with E-state index in [2.05, 4.69) is 15.0 Å². The Morgan fingerprint density at radius 3 is 2.68 bits per heavy atom. The molecule has 0 aromatic carbocycles. The van der Waals surface area contributed by atoms with Crippen molar-refractivity contribution in [3.63, 3.8) is 0 Å². The summed E-state index contributed by atoms with van der Waals surface area (Å²) in [5.41, 5.74) is 0.970. The van der Waals surface area contributed by atoms with Gasteiger partial charge in [0, 0.05) is 24.5 Å². The molecular formula is C12H21N3O2S2. The van der Waals surface area contributed by atoms with Crippen LogP contribution in [0.3, 0.4) is 0 Å². The van der Waals surface area contributed by atoms with Crippen LogP contribution < -0.4 is 10.0 Å². The van der Waals surface area contributed by atoms with Gasteiger partial charge in [0.15, 0.2) is 5.03 Å². The highest BCUT2D eigenvalue weighted by Crippen LogP contribution is 2.08. The van der Waals surface area contributed by atoms with Crippen molar-refractivity contribution in [3.8, 4) is 0 Å². The summed E-state index contributed by atoms with van der Waals surface area (Å²) in [5.74, 6) is 0.734. The average molecular weight is 303 g/mol. The molecule has 1 rings (SSSR count). The Morgan fingerprint density at radius 2 is 2.16 bits per heavy atom.